The molecule has 0 N–H and O–H groups in total. The molecule has 0 fully saturated rings. The molecule has 0 saturated heterocycles. The monoisotopic (exact) mass is 1270 g/mol. The van der Waals surface area contributed by atoms with Crippen molar-refractivity contribution in [2.45, 2.75) is 0 Å². The molecule has 0 bridgehead atoms. The fraction of sp³-hybridized carbons (Fsp3) is 0. The number of para-hydroxylation sites is 1. The molecule has 0 aliphatic carbocycles. The van der Waals surface area contributed by atoms with Crippen LogP contribution in [0.4, 0.5) is 0 Å². The first kappa shape index (κ1) is 56.6. The van der Waals surface area contributed by atoms with Crippen molar-refractivity contribution in [3.63, 3.8) is 0 Å². The van der Waals surface area contributed by atoms with Crippen molar-refractivity contribution in [2.24, 2.45) is 0 Å². The van der Waals surface area contributed by atoms with E-state index in [1.165, 1.54) is 74.4 Å². The number of thiophene rings is 1. The Labute approximate surface area is 567 Å². The van der Waals surface area contributed by atoms with Crippen LogP contribution in [0.25, 0.3) is 197 Å². The highest BCUT2D eigenvalue weighted by molar-refractivity contribution is 7.27. The van der Waals surface area contributed by atoms with E-state index in [1.807, 2.05) is 96.3 Å². The largest absolute Gasteiger partial charge is 0.455 e. The van der Waals surface area contributed by atoms with Crippen molar-refractivity contribution in [2.75, 3.05) is 0 Å². The van der Waals surface area contributed by atoms with Crippen LogP contribution in [0, 0.1) is 0 Å². The Hall–Kier alpha value is -12.9. The van der Waals surface area contributed by atoms with Gasteiger partial charge in [-0.15, -0.1) is 11.3 Å². The third-order valence-electron chi connectivity index (χ3n) is 19.0. The van der Waals surface area contributed by atoms with Gasteiger partial charge in [0.2, 0.25) is 0 Å². The molecule has 0 spiro atoms. The van der Waals surface area contributed by atoms with Gasteiger partial charge < -0.3 is 4.42 Å². The lowest BCUT2D eigenvalue weighted by Crippen LogP contribution is -2.00. The van der Waals surface area contributed by atoms with E-state index in [2.05, 4.69) is 243 Å². The number of aromatic nitrogens is 6. The summed E-state index contributed by atoms with van der Waals surface area (Å²) in [6.45, 7) is 0. The third kappa shape index (κ3) is 9.80. The minimum Gasteiger partial charge on any atom is -0.455 e. The lowest BCUT2D eigenvalue weighted by Gasteiger charge is -2.12. The van der Waals surface area contributed by atoms with Gasteiger partial charge in [0.15, 0.2) is 34.9 Å². The molecule has 16 aromatic carbocycles. The summed E-state index contributed by atoms with van der Waals surface area (Å²) in [6.07, 6.45) is 0. The Morgan fingerprint density at radius 2 is 0.520 bits per heavy atom. The molecule has 8 heteroatoms. The van der Waals surface area contributed by atoms with Gasteiger partial charge in [0.25, 0.3) is 0 Å². The van der Waals surface area contributed by atoms with Gasteiger partial charge in [-0.05, 0) is 101 Å². The van der Waals surface area contributed by atoms with Crippen molar-refractivity contribution >= 4 is 118 Å². The second-order valence-electron chi connectivity index (χ2n) is 24.8. The lowest BCUT2D eigenvalue weighted by molar-refractivity contribution is 0.673. The first-order chi connectivity index (χ1) is 48.6. The minimum absolute atomic E-state index is 0.635. The number of furan rings is 1. The zero-order valence-electron chi connectivity index (χ0n) is 52.7. The summed E-state index contributed by atoms with van der Waals surface area (Å²) in [6, 6.07) is 115. The van der Waals surface area contributed by atoms with Crippen molar-refractivity contribution in [1.82, 2.24) is 29.9 Å². The molecule has 4 heterocycles. The number of hydrogen-bond donors (Lipinski definition) is 0. The molecule has 20 rings (SSSR count). The van der Waals surface area contributed by atoms with Crippen LogP contribution in [-0.2, 0) is 0 Å². The summed E-state index contributed by atoms with van der Waals surface area (Å²) in [4.78, 5) is 30.1. The summed E-state index contributed by atoms with van der Waals surface area (Å²) in [5, 5.41) is 19.5. The van der Waals surface area contributed by atoms with Crippen molar-refractivity contribution in [3.05, 3.63) is 328 Å². The van der Waals surface area contributed by atoms with Gasteiger partial charge in [-0.1, -0.05) is 297 Å². The van der Waals surface area contributed by atoms with Crippen molar-refractivity contribution < 1.29 is 4.42 Å². The fourth-order valence-corrected chi connectivity index (χ4v) is 15.6. The maximum absolute atomic E-state index is 6.53. The van der Waals surface area contributed by atoms with E-state index in [9.17, 15) is 0 Å². The summed E-state index contributed by atoms with van der Waals surface area (Å²) >= 11 is 1.89. The topological polar surface area (TPSA) is 90.5 Å². The van der Waals surface area contributed by atoms with Crippen molar-refractivity contribution in [3.8, 4) is 90.6 Å². The molecule has 0 aliphatic heterocycles. The summed E-state index contributed by atoms with van der Waals surface area (Å²) in [5.41, 5.74) is 12.2. The molecular weight excluding hydrogens is 1210 g/mol. The fourth-order valence-electron chi connectivity index (χ4n) is 14.3. The number of hydrogen-bond acceptors (Lipinski definition) is 8. The van der Waals surface area contributed by atoms with E-state index in [4.69, 9.17) is 34.3 Å². The molecule has 456 valence electrons. The van der Waals surface area contributed by atoms with Crippen LogP contribution in [-0.4, -0.2) is 29.9 Å². The second-order valence-corrected chi connectivity index (χ2v) is 25.8. The van der Waals surface area contributed by atoms with Crippen LogP contribution in [0.2, 0.25) is 0 Å². The standard InChI is InChI=1S/C45H27N3O.C45H27N3S/c2*1-3-11-28(12-4-1)29-19-21-31(22-20-29)44-46-43(30-13-5-2-6-14-30)47-45(48-44)33-24-25-34-32(27-33)23-26-38-40(34)35-15-7-8-16-36(35)41-37-17-9-10-18-39(37)49-42(38)41/h2*1-27H. The molecule has 98 heavy (non-hydrogen) atoms. The first-order valence-electron chi connectivity index (χ1n) is 32.9. The zero-order chi connectivity index (χ0) is 64.6. The number of nitrogens with zero attached hydrogens (tertiary/aromatic N) is 6. The SMILES string of the molecule is c1ccc(-c2ccc(-c3nc(-c4ccccc4)nc(-c4ccc5c(ccc6c7oc8ccccc8c7c7ccccc7c56)c4)n3)cc2)cc1.c1ccc(-c2ccc(-c3nc(-c4ccccc4)nc(-c4ccc5c(ccc6c7sc8ccccc8c7c7ccccc7c56)c4)n3)cc2)cc1. The Kier molecular flexibility index (Phi) is 13.6. The van der Waals surface area contributed by atoms with E-state index in [0.29, 0.717) is 34.9 Å². The Balaban J connectivity index is 0.000000137. The minimum atomic E-state index is 0.635. The molecule has 20 aromatic rings. The molecule has 0 aliphatic rings. The van der Waals surface area contributed by atoms with Crippen LogP contribution in [0.3, 0.4) is 0 Å². The van der Waals surface area contributed by atoms with Crippen LogP contribution in [0.1, 0.15) is 0 Å². The molecular formula is C90H54N6OS. The van der Waals surface area contributed by atoms with Gasteiger partial charge in [-0.25, -0.2) is 29.9 Å². The van der Waals surface area contributed by atoms with Gasteiger partial charge in [0, 0.05) is 80.5 Å². The number of fused-ring (bicyclic) bond motifs is 20. The summed E-state index contributed by atoms with van der Waals surface area (Å²) in [5.74, 6) is 3.88. The molecule has 0 unspecified atom stereocenters. The van der Waals surface area contributed by atoms with Crippen LogP contribution in [0.5, 0.6) is 0 Å². The summed E-state index contributed by atoms with van der Waals surface area (Å²) < 4.78 is 9.19. The molecule has 0 saturated carbocycles. The summed E-state index contributed by atoms with van der Waals surface area (Å²) in [7, 11) is 0. The normalized spacial score (nSPS) is 11.7. The Bertz CT molecular complexity index is 6120. The Morgan fingerprint density at radius 1 is 0.204 bits per heavy atom. The van der Waals surface area contributed by atoms with Crippen LogP contribution in [0.15, 0.2) is 332 Å². The molecule has 0 atom stereocenters. The van der Waals surface area contributed by atoms with Gasteiger partial charge in [-0.3, -0.25) is 0 Å². The van der Waals surface area contributed by atoms with E-state index >= 15 is 0 Å². The molecule has 0 amide bonds. The van der Waals surface area contributed by atoms with E-state index in [0.717, 1.165) is 88.0 Å². The van der Waals surface area contributed by atoms with E-state index in [1.54, 1.807) is 0 Å². The maximum Gasteiger partial charge on any atom is 0.164 e. The van der Waals surface area contributed by atoms with E-state index < -0.39 is 0 Å². The highest BCUT2D eigenvalue weighted by Gasteiger charge is 2.21. The van der Waals surface area contributed by atoms with E-state index in [-0.39, 0.29) is 0 Å². The third-order valence-corrected chi connectivity index (χ3v) is 20.2. The number of rotatable bonds is 8. The maximum atomic E-state index is 6.53. The van der Waals surface area contributed by atoms with Gasteiger partial charge in [0.05, 0.1) is 0 Å². The lowest BCUT2D eigenvalue weighted by atomic mass is 9.92. The van der Waals surface area contributed by atoms with Gasteiger partial charge >= 0.3 is 0 Å². The van der Waals surface area contributed by atoms with Crippen LogP contribution >= 0.6 is 11.3 Å². The molecule has 0 radical (unpaired) electrons. The van der Waals surface area contributed by atoms with Gasteiger partial charge in [0.1, 0.15) is 11.2 Å². The molecule has 4 aromatic heterocycles. The second kappa shape index (κ2) is 23.5. The molecule has 7 nitrogen and oxygen atoms in total. The smallest absolute Gasteiger partial charge is 0.164 e. The van der Waals surface area contributed by atoms with Crippen LogP contribution < -0.4 is 0 Å². The average molecular weight is 1270 g/mol. The highest BCUT2D eigenvalue weighted by atomic mass is 32.1. The average Bonchev–Trinajstić information content (AvgIpc) is 1.44. The predicted molar refractivity (Wildman–Crippen MR) is 408 cm³/mol. The first-order valence-corrected chi connectivity index (χ1v) is 33.7. The Morgan fingerprint density at radius 3 is 1.00 bits per heavy atom. The quantitative estimate of drug-likeness (QED) is 0.140. The highest BCUT2D eigenvalue weighted by Crippen LogP contribution is 2.47. The predicted octanol–water partition coefficient (Wildman–Crippen LogP) is 24.3. The van der Waals surface area contributed by atoms with Crippen molar-refractivity contribution in [1.29, 1.82) is 0 Å². The zero-order valence-corrected chi connectivity index (χ0v) is 53.5. The number of benzene rings is 16. The van der Waals surface area contributed by atoms with Gasteiger partial charge in [-0.2, -0.15) is 0 Å².